The third-order valence-corrected chi connectivity index (χ3v) is 3.95. The molecule has 0 aromatic heterocycles. The third-order valence-electron chi connectivity index (χ3n) is 3.95. The summed E-state index contributed by atoms with van der Waals surface area (Å²) in [6.45, 7) is 9.39. The van der Waals surface area contributed by atoms with Gasteiger partial charge in [0.15, 0.2) is 0 Å². The largest absolute Gasteiger partial charge is 0.428 e. The molecule has 8 nitrogen and oxygen atoms in total. The fourth-order valence-electron chi connectivity index (χ4n) is 2.45. The van der Waals surface area contributed by atoms with Gasteiger partial charge >= 0.3 is 18.0 Å². The highest BCUT2D eigenvalue weighted by Gasteiger charge is 2.27. The van der Waals surface area contributed by atoms with Crippen molar-refractivity contribution in [2.75, 3.05) is 13.3 Å². The van der Waals surface area contributed by atoms with Crippen molar-refractivity contribution in [2.24, 2.45) is 11.7 Å². The van der Waals surface area contributed by atoms with Crippen molar-refractivity contribution in [3.05, 3.63) is 0 Å². The van der Waals surface area contributed by atoms with E-state index < -0.39 is 36.3 Å². The van der Waals surface area contributed by atoms with E-state index in [0.29, 0.717) is 6.42 Å². The molecule has 2 amide bonds. The van der Waals surface area contributed by atoms with E-state index in [-0.39, 0.29) is 5.92 Å². The van der Waals surface area contributed by atoms with E-state index in [0.717, 1.165) is 45.1 Å². The molecule has 0 aromatic carbocycles. The van der Waals surface area contributed by atoms with Crippen molar-refractivity contribution >= 4 is 18.0 Å². The molecule has 0 spiro atoms. The summed E-state index contributed by atoms with van der Waals surface area (Å²) < 4.78 is 9.95. The molecule has 0 heterocycles. The third kappa shape index (κ3) is 14.3. The number of urea groups is 1. The molecule has 0 bridgehead atoms. The van der Waals surface area contributed by atoms with Gasteiger partial charge in [-0.2, -0.15) is 0 Å². The second kappa shape index (κ2) is 14.2. The molecule has 0 saturated heterocycles. The molecule has 1 atom stereocenters. The maximum Gasteiger partial charge on any atom is 0.331 e. The molecule has 0 aromatic rings. The Labute approximate surface area is 169 Å². The van der Waals surface area contributed by atoms with Crippen LogP contribution in [0.4, 0.5) is 4.79 Å². The van der Waals surface area contributed by atoms with Gasteiger partial charge in [-0.3, -0.25) is 4.79 Å². The van der Waals surface area contributed by atoms with Crippen molar-refractivity contribution in [3.8, 4) is 0 Å². The lowest BCUT2D eigenvalue weighted by Gasteiger charge is -2.25. The minimum Gasteiger partial charge on any atom is -0.428 e. The number of nitrogens with two attached hydrogens (primary N) is 1. The van der Waals surface area contributed by atoms with E-state index in [1.807, 2.05) is 20.8 Å². The Morgan fingerprint density at radius 2 is 1.50 bits per heavy atom. The van der Waals surface area contributed by atoms with Crippen molar-refractivity contribution in [3.63, 3.8) is 0 Å². The van der Waals surface area contributed by atoms with Crippen LogP contribution < -0.4 is 16.4 Å². The predicted molar refractivity (Wildman–Crippen MR) is 108 cm³/mol. The maximum absolute atomic E-state index is 12.2. The van der Waals surface area contributed by atoms with Gasteiger partial charge in [-0.05, 0) is 46.1 Å². The number of nitrogens with one attached hydrogen (secondary N) is 2. The van der Waals surface area contributed by atoms with Crippen LogP contribution in [0.2, 0.25) is 0 Å². The molecule has 0 aliphatic heterocycles. The van der Waals surface area contributed by atoms with E-state index in [9.17, 15) is 14.4 Å². The summed E-state index contributed by atoms with van der Waals surface area (Å²) >= 11 is 0. The molecule has 8 heteroatoms. The van der Waals surface area contributed by atoms with Gasteiger partial charge in [0.25, 0.3) is 0 Å². The Morgan fingerprint density at radius 3 is 2.04 bits per heavy atom. The van der Waals surface area contributed by atoms with Crippen LogP contribution in [0.3, 0.4) is 0 Å². The lowest BCUT2D eigenvalue weighted by atomic mass is 10.0. The van der Waals surface area contributed by atoms with E-state index in [1.54, 1.807) is 13.8 Å². The monoisotopic (exact) mass is 401 g/mol. The summed E-state index contributed by atoms with van der Waals surface area (Å²) in [4.78, 5) is 35.8. The first-order valence-electron chi connectivity index (χ1n) is 10.2. The highest BCUT2D eigenvalue weighted by molar-refractivity contribution is 5.84. The summed E-state index contributed by atoms with van der Waals surface area (Å²) in [6.07, 6.45) is 6.36. The van der Waals surface area contributed by atoms with Gasteiger partial charge in [0.1, 0.15) is 6.04 Å². The predicted octanol–water partition coefficient (Wildman–Crippen LogP) is 2.84. The Hall–Kier alpha value is -1.83. The summed E-state index contributed by atoms with van der Waals surface area (Å²) in [5.41, 5.74) is 5.02. The van der Waals surface area contributed by atoms with E-state index in [2.05, 4.69) is 10.6 Å². The number of ether oxygens (including phenoxy) is 2. The second-order valence-corrected chi connectivity index (χ2v) is 8.33. The zero-order valence-corrected chi connectivity index (χ0v) is 18.1. The average molecular weight is 402 g/mol. The smallest absolute Gasteiger partial charge is 0.331 e. The van der Waals surface area contributed by atoms with Gasteiger partial charge in [0.2, 0.25) is 6.79 Å². The molecule has 4 N–H and O–H groups in total. The molecule has 0 unspecified atom stereocenters. The molecule has 0 aliphatic rings. The van der Waals surface area contributed by atoms with Crippen LogP contribution in [0.25, 0.3) is 0 Å². The average Bonchev–Trinajstić information content (AvgIpc) is 2.57. The maximum atomic E-state index is 12.2. The van der Waals surface area contributed by atoms with Crippen LogP contribution in [0.5, 0.6) is 0 Å². The number of unbranched alkanes of at least 4 members (excludes halogenated alkanes) is 5. The number of carbonyl (C=O) groups is 3. The van der Waals surface area contributed by atoms with Crippen molar-refractivity contribution in [2.45, 2.75) is 91.1 Å². The first-order valence-corrected chi connectivity index (χ1v) is 10.2. The SMILES string of the molecule is CC(C)[C@H](NC(=O)NC(C)(C)C)C(=O)OCOC(=O)CCCCCCCCN. The second-order valence-electron chi connectivity index (χ2n) is 8.33. The standard InChI is InChI=1S/C20H39N3O5/c1-15(2)17(22-19(26)23-20(3,4)5)18(25)28-14-27-16(24)12-10-8-6-7-9-11-13-21/h15,17H,6-14,21H2,1-5H3,(H2,22,23,26)/t17-/m0/s1. The summed E-state index contributed by atoms with van der Waals surface area (Å²) in [5, 5.41) is 5.33. The summed E-state index contributed by atoms with van der Waals surface area (Å²) in [6, 6.07) is -1.28. The number of hydrogen-bond donors (Lipinski definition) is 3. The molecular formula is C20H39N3O5. The topological polar surface area (TPSA) is 120 Å². The summed E-state index contributed by atoms with van der Waals surface area (Å²) in [7, 11) is 0. The minimum absolute atomic E-state index is 0.173. The molecule has 0 radical (unpaired) electrons. The van der Waals surface area contributed by atoms with Crippen molar-refractivity contribution < 1.29 is 23.9 Å². The number of amides is 2. The molecule has 0 aliphatic carbocycles. The van der Waals surface area contributed by atoms with Crippen LogP contribution in [0.1, 0.15) is 79.6 Å². The number of hydrogen-bond acceptors (Lipinski definition) is 6. The fourth-order valence-corrected chi connectivity index (χ4v) is 2.45. The molecule has 0 rings (SSSR count). The Morgan fingerprint density at radius 1 is 0.929 bits per heavy atom. The van der Waals surface area contributed by atoms with Gasteiger partial charge < -0.3 is 25.8 Å². The molecule has 28 heavy (non-hydrogen) atoms. The lowest BCUT2D eigenvalue weighted by Crippen LogP contribution is -2.53. The Bertz CT molecular complexity index is 475. The Balaban J connectivity index is 4.08. The fraction of sp³-hybridized carbons (Fsp3) is 0.850. The summed E-state index contributed by atoms with van der Waals surface area (Å²) in [5.74, 6) is -1.20. The molecular weight excluding hydrogens is 362 g/mol. The zero-order valence-electron chi connectivity index (χ0n) is 18.1. The van der Waals surface area contributed by atoms with Crippen LogP contribution in [0.15, 0.2) is 0 Å². The number of rotatable bonds is 13. The van der Waals surface area contributed by atoms with Gasteiger partial charge in [0, 0.05) is 12.0 Å². The Kier molecular flexibility index (Phi) is 13.3. The first kappa shape index (κ1) is 26.2. The minimum atomic E-state index is -0.824. The normalized spacial score (nSPS) is 12.4. The van der Waals surface area contributed by atoms with Gasteiger partial charge in [-0.1, -0.05) is 39.5 Å². The van der Waals surface area contributed by atoms with E-state index >= 15 is 0 Å². The highest BCUT2D eigenvalue weighted by Crippen LogP contribution is 2.08. The van der Waals surface area contributed by atoms with Gasteiger partial charge in [0.05, 0.1) is 0 Å². The zero-order chi connectivity index (χ0) is 21.6. The van der Waals surface area contributed by atoms with Crippen molar-refractivity contribution in [1.82, 2.24) is 10.6 Å². The van der Waals surface area contributed by atoms with Crippen LogP contribution >= 0.6 is 0 Å². The van der Waals surface area contributed by atoms with Crippen LogP contribution in [-0.2, 0) is 19.1 Å². The van der Waals surface area contributed by atoms with Gasteiger partial charge in [-0.25, -0.2) is 9.59 Å². The highest BCUT2D eigenvalue weighted by atomic mass is 16.7. The lowest BCUT2D eigenvalue weighted by molar-refractivity contribution is -0.169. The van der Waals surface area contributed by atoms with E-state index in [4.69, 9.17) is 15.2 Å². The van der Waals surface area contributed by atoms with E-state index in [1.165, 1.54) is 0 Å². The quantitative estimate of drug-likeness (QED) is 0.248. The number of esters is 2. The van der Waals surface area contributed by atoms with Crippen LogP contribution in [0, 0.1) is 5.92 Å². The van der Waals surface area contributed by atoms with Crippen molar-refractivity contribution in [1.29, 1.82) is 0 Å². The number of carbonyl (C=O) groups excluding carboxylic acids is 3. The van der Waals surface area contributed by atoms with Crippen LogP contribution in [-0.4, -0.2) is 42.9 Å². The first-order chi connectivity index (χ1) is 13.1. The van der Waals surface area contributed by atoms with Gasteiger partial charge in [-0.15, -0.1) is 0 Å². The molecule has 0 fully saturated rings. The molecule has 164 valence electrons. The molecule has 0 saturated carbocycles.